The second-order valence-corrected chi connectivity index (χ2v) is 6.85. The number of ether oxygens (including phenoxy) is 2. The highest BCUT2D eigenvalue weighted by atomic mass is 35.5. The molecule has 1 rings (SSSR count). The molecule has 0 saturated carbocycles. The molecule has 0 spiro atoms. The van der Waals surface area contributed by atoms with Crippen LogP contribution >= 0.6 is 11.6 Å². The number of aliphatic carboxylic acids is 1. The number of methoxy groups -OCH3 is 1. The fourth-order valence-electron chi connectivity index (χ4n) is 2.19. The summed E-state index contributed by atoms with van der Waals surface area (Å²) in [5.41, 5.74) is 1.52. The van der Waals surface area contributed by atoms with Crippen molar-refractivity contribution in [1.29, 1.82) is 0 Å². The minimum atomic E-state index is -1.06. The molecule has 138 valence electrons. The molecule has 0 unspecified atom stereocenters. The van der Waals surface area contributed by atoms with Crippen molar-refractivity contribution in [2.75, 3.05) is 13.7 Å². The summed E-state index contributed by atoms with van der Waals surface area (Å²) in [6.07, 6.45) is 2.43. The molecule has 0 heterocycles. The highest BCUT2D eigenvalue weighted by Gasteiger charge is 2.17. The number of carbonyl (C=O) groups excluding carboxylic acids is 1. The lowest BCUT2D eigenvalue weighted by molar-refractivity contribution is -0.131. The van der Waals surface area contributed by atoms with Crippen LogP contribution in [0.2, 0.25) is 5.02 Å². The Morgan fingerprint density at radius 1 is 1.36 bits per heavy atom. The molecule has 0 aliphatic carbocycles. The average molecular weight is 370 g/mol. The van der Waals surface area contributed by atoms with E-state index in [9.17, 15) is 9.59 Å². The maximum absolute atomic E-state index is 11.7. The molecule has 25 heavy (non-hydrogen) atoms. The first-order chi connectivity index (χ1) is 11.5. The van der Waals surface area contributed by atoms with Gasteiger partial charge in [0.25, 0.3) is 0 Å². The van der Waals surface area contributed by atoms with E-state index in [-0.39, 0.29) is 0 Å². The molecule has 0 saturated heterocycles. The van der Waals surface area contributed by atoms with Gasteiger partial charge in [0, 0.05) is 23.2 Å². The number of carbonyl (C=O) groups is 2. The number of hydrogen-bond donors (Lipinski definition) is 2. The molecule has 0 aliphatic rings. The van der Waals surface area contributed by atoms with Crippen molar-refractivity contribution < 1.29 is 24.2 Å². The maximum Gasteiger partial charge on any atom is 0.407 e. The van der Waals surface area contributed by atoms with E-state index in [0.29, 0.717) is 29.3 Å². The number of halogens is 1. The van der Waals surface area contributed by atoms with E-state index < -0.39 is 17.7 Å². The Hall–Kier alpha value is -2.21. The van der Waals surface area contributed by atoms with E-state index in [0.717, 1.165) is 17.2 Å². The molecular weight excluding hydrogens is 346 g/mol. The van der Waals surface area contributed by atoms with Gasteiger partial charge in [-0.15, -0.1) is 0 Å². The van der Waals surface area contributed by atoms with Crippen LogP contribution in [0.5, 0.6) is 5.75 Å². The standard InChI is InChI=1S/C18H24ClNO5/c1-11-13(6-7-15(21)22)16(24-5)12(10-14(11)19)8-9-20-17(23)25-18(2,3)4/h6-7,10H,8-9H2,1-5H3,(H,20,23)(H,21,22)/b7-6+. The van der Waals surface area contributed by atoms with Crippen molar-refractivity contribution in [3.63, 3.8) is 0 Å². The summed E-state index contributed by atoms with van der Waals surface area (Å²) < 4.78 is 10.6. The summed E-state index contributed by atoms with van der Waals surface area (Å²) in [4.78, 5) is 22.5. The van der Waals surface area contributed by atoms with Gasteiger partial charge in [-0.25, -0.2) is 9.59 Å². The maximum atomic E-state index is 11.7. The number of benzene rings is 1. The van der Waals surface area contributed by atoms with Crippen LogP contribution < -0.4 is 10.1 Å². The van der Waals surface area contributed by atoms with Gasteiger partial charge in [-0.05, 0) is 57.4 Å². The van der Waals surface area contributed by atoms with Gasteiger partial charge < -0.3 is 19.9 Å². The molecule has 7 heteroatoms. The number of alkyl carbamates (subject to hydrolysis) is 1. The number of carboxylic acid groups (broad SMARTS) is 1. The number of amides is 1. The van der Waals surface area contributed by atoms with Gasteiger partial charge in [-0.1, -0.05) is 11.6 Å². The first kappa shape index (κ1) is 20.8. The Labute approximate surface area is 152 Å². The minimum absolute atomic E-state index is 0.326. The molecule has 0 aliphatic heterocycles. The summed E-state index contributed by atoms with van der Waals surface area (Å²) >= 11 is 6.24. The lowest BCUT2D eigenvalue weighted by Crippen LogP contribution is -2.33. The lowest BCUT2D eigenvalue weighted by atomic mass is 10.00. The van der Waals surface area contributed by atoms with Crippen LogP contribution in [0.4, 0.5) is 4.79 Å². The van der Waals surface area contributed by atoms with Crippen LogP contribution in [0.3, 0.4) is 0 Å². The van der Waals surface area contributed by atoms with Crippen molar-refractivity contribution in [2.45, 2.75) is 39.7 Å². The predicted molar refractivity (Wildman–Crippen MR) is 97.4 cm³/mol. The Balaban J connectivity index is 2.96. The highest BCUT2D eigenvalue weighted by Crippen LogP contribution is 2.33. The zero-order valence-corrected chi connectivity index (χ0v) is 15.9. The SMILES string of the molecule is COc1c(CCNC(=O)OC(C)(C)C)cc(Cl)c(C)c1/C=C/C(=O)O. The largest absolute Gasteiger partial charge is 0.496 e. The van der Waals surface area contributed by atoms with E-state index in [1.54, 1.807) is 33.8 Å². The second kappa shape index (κ2) is 8.76. The fraction of sp³-hybridized carbons (Fsp3) is 0.444. The van der Waals surface area contributed by atoms with Gasteiger partial charge in [0.05, 0.1) is 7.11 Å². The Morgan fingerprint density at radius 3 is 2.52 bits per heavy atom. The first-order valence-corrected chi connectivity index (χ1v) is 8.16. The number of carboxylic acids is 1. The van der Waals surface area contributed by atoms with Gasteiger partial charge in [-0.3, -0.25) is 0 Å². The van der Waals surface area contributed by atoms with Gasteiger partial charge in [-0.2, -0.15) is 0 Å². The quantitative estimate of drug-likeness (QED) is 0.744. The number of hydrogen-bond acceptors (Lipinski definition) is 4. The minimum Gasteiger partial charge on any atom is -0.496 e. The van der Waals surface area contributed by atoms with E-state index in [4.69, 9.17) is 26.2 Å². The third-order valence-electron chi connectivity index (χ3n) is 3.26. The Bertz CT molecular complexity index is 677. The molecule has 0 aromatic heterocycles. The third-order valence-corrected chi connectivity index (χ3v) is 3.65. The number of rotatable bonds is 6. The lowest BCUT2D eigenvalue weighted by Gasteiger charge is -2.20. The monoisotopic (exact) mass is 369 g/mol. The van der Waals surface area contributed by atoms with E-state index in [1.165, 1.54) is 13.2 Å². The van der Waals surface area contributed by atoms with Gasteiger partial charge in [0.2, 0.25) is 0 Å². The Morgan fingerprint density at radius 2 is 2.00 bits per heavy atom. The van der Waals surface area contributed by atoms with Gasteiger partial charge in [0.15, 0.2) is 0 Å². The summed E-state index contributed by atoms with van der Waals surface area (Å²) in [6, 6.07) is 1.75. The Kier molecular flexibility index (Phi) is 7.30. The normalized spacial score (nSPS) is 11.4. The van der Waals surface area contributed by atoms with Gasteiger partial charge in [0.1, 0.15) is 11.4 Å². The summed E-state index contributed by atoms with van der Waals surface area (Å²) in [7, 11) is 1.51. The summed E-state index contributed by atoms with van der Waals surface area (Å²) in [6.45, 7) is 7.48. The van der Waals surface area contributed by atoms with Crippen molar-refractivity contribution in [1.82, 2.24) is 5.32 Å². The third kappa shape index (κ3) is 6.66. The van der Waals surface area contributed by atoms with E-state index in [1.807, 2.05) is 0 Å². The molecule has 1 aromatic rings. The molecule has 1 amide bonds. The fourth-order valence-corrected chi connectivity index (χ4v) is 2.43. The van der Waals surface area contributed by atoms with Crippen LogP contribution in [0.25, 0.3) is 6.08 Å². The second-order valence-electron chi connectivity index (χ2n) is 6.44. The molecule has 0 fully saturated rings. The van der Waals surface area contributed by atoms with Crippen LogP contribution in [0.1, 0.15) is 37.5 Å². The first-order valence-electron chi connectivity index (χ1n) is 7.79. The highest BCUT2D eigenvalue weighted by molar-refractivity contribution is 6.31. The van der Waals surface area contributed by atoms with Crippen molar-refractivity contribution >= 4 is 29.7 Å². The van der Waals surface area contributed by atoms with Crippen molar-refractivity contribution in [3.05, 3.63) is 33.9 Å². The van der Waals surface area contributed by atoms with Crippen LogP contribution in [-0.4, -0.2) is 36.4 Å². The average Bonchev–Trinajstić information content (AvgIpc) is 2.47. The van der Waals surface area contributed by atoms with Crippen LogP contribution in [0, 0.1) is 6.92 Å². The molecule has 0 bridgehead atoms. The molecule has 6 nitrogen and oxygen atoms in total. The molecular formula is C18H24ClNO5. The van der Waals surface area contributed by atoms with Crippen molar-refractivity contribution in [2.24, 2.45) is 0 Å². The zero-order valence-electron chi connectivity index (χ0n) is 15.1. The van der Waals surface area contributed by atoms with Crippen LogP contribution in [-0.2, 0) is 16.0 Å². The van der Waals surface area contributed by atoms with Gasteiger partial charge >= 0.3 is 12.1 Å². The smallest absolute Gasteiger partial charge is 0.407 e. The predicted octanol–water partition coefficient (Wildman–Crippen LogP) is 3.82. The number of nitrogens with one attached hydrogen (secondary N) is 1. The molecule has 0 atom stereocenters. The van der Waals surface area contributed by atoms with E-state index in [2.05, 4.69) is 5.32 Å². The molecule has 0 radical (unpaired) electrons. The summed E-state index contributed by atoms with van der Waals surface area (Å²) in [5, 5.41) is 12.0. The van der Waals surface area contributed by atoms with Crippen molar-refractivity contribution in [3.8, 4) is 5.75 Å². The zero-order chi connectivity index (χ0) is 19.2. The molecule has 1 aromatic carbocycles. The summed E-state index contributed by atoms with van der Waals surface area (Å²) in [5.74, 6) is -0.528. The van der Waals surface area contributed by atoms with Crippen LogP contribution in [0.15, 0.2) is 12.1 Å². The topological polar surface area (TPSA) is 84.9 Å². The molecule has 2 N–H and O–H groups in total. The van der Waals surface area contributed by atoms with E-state index >= 15 is 0 Å².